The Bertz CT molecular complexity index is 867. The molecule has 1 aromatic carbocycles. The number of carbonyl (C=O) groups excluding carboxylic acids is 1. The lowest BCUT2D eigenvalue weighted by atomic mass is 10.1. The van der Waals surface area contributed by atoms with E-state index in [2.05, 4.69) is 10.2 Å². The molecule has 1 saturated heterocycles. The van der Waals surface area contributed by atoms with Gasteiger partial charge in [0.2, 0.25) is 5.91 Å². The number of rotatable bonds is 4. The highest BCUT2D eigenvalue weighted by Gasteiger charge is 2.30. The van der Waals surface area contributed by atoms with Crippen molar-refractivity contribution in [1.29, 1.82) is 0 Å². The molecule has 1 aliphatic heterocycles. The zero-order chi connectivity index (χ0) is 17.2. The van der Waals surface area contributed by atoms with Crippen molar-refractivity contribution in [3.8, 4) is 5.69 Å². The normalized spacial score (nSPS) is 17.2. The summed E-state index contributed by atoms with van der Waals surface area (Å²) in [6.07, 6.45) is 9.99. The van der Waals surface area contributed by atoms with E-state index < -0.39 is 0 Å². The number of aromatic nitrogens is 4. The Morgan fingerprint density at radius 3 is 2.76 bits per heavy atom. The molecule has 128 valence electrons. The number of amides is 1. The number of hydrogen-bond donors (Lipinski definition) is 0. The van der Waals surface area contributed by atoms with Gasteiger partial charge in [-0.15, -0.1) is 0 Å². The van der Waals surface area contributed by atoms with Crippen molar-refractivity contribution in [3.63, 3.8) is 0 Å². The maximum Gasteiger partial charge on any atom is 0.227 e. The van der Waals surface area contributed by atoms with E-state index in [9.17, 15) is 4.79 Å². The first-order valence-corrected chi connectivity index (χ1v) is 8.58. The van der Waals surface area contributed by atoms with Gasteiger partial charge in [-0.2, -0.15) is 10.2 Å². The molecule has 1 aliphatic rings. The molecule has 25 heavy (non-hydrogen) atoms. The van der Waals surface area contributed by atoms with E-state index in [0.29, 0.717) is 6.42 Å². The number of aryl methyl sites for hydroxylation is 1. The molecule has 1 atom stereocenters. The Hall–Kier alpha value is -2.89. The van der Waals surface area contributed by atoms with Crippen molar-refractivity contribution in [3.05, 3.63) is 66.2 Å². The van der Waals surface area contributed by atoms with Crippen LogP contribution in [0.2, 0.25) is 0 Å². The molecule has 6 nitrogen and oxygen atoms in total. The van der Waals surface area contributed by atoms with Crippen molar-refractivity contribution in [1.82, 2.24) is 24.5 Å². The molecule has 6 heteroatoms. The first-order chi connectivity index (χ1) is 12.2. The fourth-order valence-corrected chi connectivity index (χ4v) is 3.47. The van der Waals surface area contributed by atoms with E-state index >= 15 is 0 Å². The van der Waals surface area contributed by atoms with Crippen molar-refractivity contribution in [2.45, 2.75) is 25.3 Å². The summed E-state index contributed by atoms with van der Waals surface area (Å²) >= 11 is 0. The Kier molecular flexibility index (Phi) is 4.09. The van der Waals surface area contributed by atoms with Crippen LogP contribution in [0, 0.1) is 0 Å². The maximum absolute atomic E-state index is 12.8. The first-order valence-electron chi connectivity index (χ1n) is 8.58. The topological polar surface area (TPSA) is 56.0 Å². The predicted octanol–water partition coefficient (Wildman–Crippen LogP) is 2.51. The third-order valence-corrected chi connectivity index (χ3v) is 4.69. The standard InChI is InChI=1S/C19H21N5O/c1-22-14-16(12-20-22)18-8-5-9-23(18)19(25)10-15-11-21-24(13-15)17-6-3-2-4-7-17/h2-4,6-7,11-14,18H,5,8-10H2,1H3/t18-/m1/s1. The molecular weight excluding hydrogens is 314 g/mol. The number of para-hydroxylation sites is 1. The van der Waals surface area contributed by atoms with Gasteiger partial charge < -0.3 is 4.90 Å². The van der Waals surface area contributed by atoms with Crippen molar-refractivity contribution in [2.24, 2.45) is 7.05 Å². The predicted molar refractivity (Wildman–Crippen MR) is 94.2 cm³/mol. The quantitative estimate of drug-likeness (QED) is 0.736. The van der Waals surface area contributed by atoms with Crippen LogP contribution in [0.3, 0.4) is 0 Å². The van der Waals surface area contributed by atoms with Crippen molar-refractivity contribution in [2.75, 3.05) is 6.54 Å². The number of hydrogen-bond acceptors (Lipinski definition) is 3. The highest BCUT2D eigenvalue weighted by atomic mass is 16.2. The van der Waals surface area contributed by atoms with Gasteiger partial charge in [-0.1, -0.05) is 18.2 Å². The molecule has 1 fully saturated rings. The Morgan fingerprint density at radius 1 is 1.16 bits per heavy atom. The fraction of sp³-hybridized carbons (Fsp3) is 0.316. The average Bonchev–Trinajstić information content (AvgIpc) is 3.35. The van der Waals surface area contributed by atoms with E-state index in [1.807, 2.05) is 65.6 Å². The molecule has 0 radical (unpaired) electrons. The molecule has 1 amide bonds. The van der Waals surface area contributed by atoms with Gasteiger partial charge in [0.1, 0.15) is 0 Å². The second kappa shape index (κ2) is 6.55. The minimum Gasteiger partial charge on any atom is -0.335 e. The third kappa shape index (κ3) is 3.20. The second-order valence-electron chi connectivity index (χ2n) is 6.50. The summed E-state index contributed by atoms with van der Waals surface area (Å²) in [5.41, 5.74) is 3.05. The lowest BCUT2D eigenvalue weighted by molar-refractivity contribution is -0.131. The Labute approximate surface area is 146 Å². The number of carbonyl (C=O) groups is 1. The molecular formula is C19H21N5O. The summed E-state index contributed by atoms with van der Waals surface area (Å²) in [4.78, 5) is 14.8. The second-order valence-corrected chi connectivity index (χ2v) is 6.50. The summed E-state index contributed by atoms with van der Waals surface area (Å²) in [6, 6.07) is 10.1. The maximum atomic E-state index is 12.8. The summed E-state index contributed by atoms with van der Waals surface area (Å²) < 4.78 is 3.60. The molecule has 0 bridgehead atoms. The van der Waals surface area contributed by atoms with Crippen LogP contribution in [0.1, 0.15) is 30.0 Å². The van der Waals surface area contributed by atoms with Crippen LogP contribution in [0.4, 0.5) is 0 Å². The summed E-state index contributed by atoms with van der Waals surface area (Å²) in [6.45, 7) is 0.811. The van der Waals surface area contributed by atoms with Crippen LogP contribution in [0.5, 0.6) is 0 Å². The van der Waals surface area contributed by atoms with Crippen LogP contribution in [0.25, 0.3) is 5.69 Å². The SMILES string of the molecule is Cn1cc([C@H]2CCCN2C(=O)Cc2cnn(-c3ccccc3)c2)cn1. The Morgan fingerprint density at radius 2 is 2.00 bits per heavy atom. The largest absolute Gasteiger partial charge is 0.335 e. The van der Waals surface area contributed by atoms with Crippen LogP contribution in [0.15, 0.2) is 55.1 Å². The van der Waals surface area contributed by atoms with Crippen LogP contribution in [-0.4, -0.2) is 36.9 Å². The summed E-state index contributed by atoms with van der Waals surface area (Å²) in [5, 5.41) is 8.62. The van der Waals surface area contributed by atoms with E-state index in [1.165, 1.54) is 0 Å². The highest BCUT2D eigenvalue weighted by Crippen LogP contribution is 2.32. The number of benzene rings is 1. The molecule has 0 aliphatic carbocycles. The monoisotopic (exact) mass is 335 g/mol. The van der Waals surface area contributed by atoms with Crippen LogP contribution < -0.4 is 0 Å². The number of nitrogens with zero attached hydrogens (tertiary/aromatic N) is 5. The molecule has 2 aromatic heterocycles. The van der Waals surface area contributed by atoms with Crippen molar-refractivity contribution >= 4 is 5.91 Å². The lowest BCUT2D eigenvalue weighted by Crippen LogP contribution is -2.31. The van der Waals surface area contributed by atoms with Gasteiger partial charge in [0.05, 0.1) is 30.5 Å². The van der Waals surface area contributed by atoms with Gasteiger partial charge in [-0.3, -0.25) is 9.48 Å². The molecule has 4 rings (SSSR count). The molecule has 0 spiro atoms. The van der Waals surface area contributed by atoms with Crippen LogP contribution in [-0.2, 0) is 18.3 Å². The van der Waals surface area contributed by atoms with Crippen LogP contribution >= 0.6 is 0 Å². The summed E-state index contributed by atoms with van der Waals surface area (Å²) in [7, 11) is 1.91. The van der Waals surface area contributed by atoms with E-state index in [1.54, 1.807) is 10.9 Å². The molecule has 0 saturated carbocycles. The van der Waals surface area contributed by atoms with Gasteiger partial charge in [-0.25, -0.2) is 4.68 Å². The molecule has 0 unspecified atom stereocenters. The minimum absolute atomic E-state index is 0.144. The first kappa shape index (κ1) is 15.6. The smallest absolute Gasteiger partial charge is 0.227 e. The minimum atomic E-state index is 0.144. The van der Waals surface area contributed by atoms with Gasteiger partial charge >= 0.3 is 0 Å². The van der Waals surface area contributed by atoms with Gasteiger partial charge in [0.15, 0.2) is 0 Å². The van der Waals surface area contributed by atoms with E-state index in [0.717, 1.165) is 36.2 Å². The van der Waals surface area contributed by atoms with Gasteiger partial charge in [-0.05, 0) is 30.5 Å². The molecule has 3 aromatic rings. The lowest BCUT2D eigenvalue weighted by Gasteiger charge is -2.23. The zero-order valence-electron chi connectivity index (χ0n) is 14.2. The Balaban J connectivity index is 1.47. The number of likely N-dealkylation sites (tertiary alicyclic amines) is 1. The third-order valence-electron chi connectivity index (χ3n) is 4.69. The fourth-order valence-electron chi connectivity index (χ4n) is 3.47. The zero-order valence-corrected chi connectivity index (χ0v) is 14.2. The molecule has 0 N–H and O–H groups in total. The highest BCUT2D eigenvalue weighted by molar-refractivity contribution is 5.79. The van der Waals surface area contributed by atoms with E-state index in [4.69, 9.17) is 0 Å². The average molecular weight is 335 g/mol. The van der Waals surface area contributed by atoms with Gasteiger partial charge in [0, 0.05) is 31.5 Å². The van der Waals surface area contributed by atoms with E-state index in [-0.39, 0.29) is 11.9 Å². The summed E-state index contributed by atoms with van der Waals surface area (Å²) in [5.74, 6) is 0.152. The van der Waals surface area contributed by atoms with Crippen molar-refractivity contribution < 1.29 is 4.79 Å². The van der Waals surface area contributed by atoms with Gasteiger partial charge in [0.25, 0.3) is 0 Å². The molecule has 3 heterocycles.